The number of aryl methyl sites for hydroxylation is 1. The average molecular weight is 323 g/mol. The number of carbonyl (C=O) groups is 1. The molecule has 0 fully saturated rings. The molecule has 0 spiro atoms. The van der Waals surface area contributed by atoms with Crippen LogP contribution >= 0.6 is 0 Å². The van der Waals surface area contributed by atoms with Crippen molar-refractivity contribution in [3.63, 3.8) is 0 Å². The Morgan fingerprint density at radius 1 is 1.25 bits per heavy atom. The van der Waals surface area contributed by atoms with E-state index in [9.17, 15) is 4.79 Å². The number of imidazole rings is 1. The van der Waals surface area contributed by atoms with E-state index in [0.717, 1.165) is 22.5 Å². The Hall–Kier alpha value is -2.66. The van der Waals surface area contributed by atoms with Crippen molar-refractivity contribution in [2.75, 3.05) is 13.2 Å². The van der Waals surface area contributed by atoms with E-state index < -0.39 is 0 Å². The van der Waals surface area contributed by atoms with Gasteiger partial charge in [-0.1, -0.05) is 25.1 Å². The first kappa shape index (κ1) is 16.2. The van der Waals surface area contributed by atoms with Crippen LogP contribution in [0.1, 0.15) is 23.1 Å². The van der Waals surface area contributed by atoms with Crippen LogP contribution in [-0.4, -0.2) is 33.7 Å². The summed E-state index contributed by atoms with van der Waals surface area (Å²) in [7, 11) is 0. The molecule has 0 aliphatic heterocycles. The summed E-state index contributed by atoms with van der Waals surface area (Å²) in [5, 5.41) is 11.9. The van der Waals surface area contributed by atoms with Crippen molar-refractivity contribution in [2.24, 2.45) is 5.92 Å². The molecule has 1 unspecified atom stereocenters. The van der Waals surface area contributed by atoms with Gasteiger partial charge in [-0.15, -0.1) is 0 Å². The van der Waals surface area contributed by atoms with Gasteiger partial charge in [0, 0.05) is 24.4 Å². The van der Waals surface area contributed by atoms with Crippen LogP contribution in [0.4, 0.5) is 0 Å². The Balaban J connectivity index is 1.92. The molecule has 24 heavy (non-hydrogen) atoms. The summed E-state index contributed by atoms with van der Waals surface area (Å²) in [6.07, 6.45) is 0. The molecule has 1 heterocycles. The summed E-state index contributed by atoms with van der Waals surface area (Å²) in [4.78, 5) is 16.8. The quantitative estimate of drug-likeness (QED) is 0.758. The number of hydrogen-bond donors (Lipinski definition) is 2. The smallest absolute Gasteiger partial charge is 0.251 e. The van der Waals surface area contributed by atoms with Crippen molar-refractivity contribution in [1.82, 2.24) is 14.9 Å². The van der Waals surface area contributed by atoms with Crippen molar-refractivity contribution in [1.29, 1.82) is 0 Å². The zero-order chi connectivity index (χ0) is 17.1. The third-order valence-corrected chi connectivity index (χ3v) is 4.02. The van der Waals surface area contributed by atoms with Gasteiger partial charge in [0.1, 0.15) is 5.82 Å². The normalized spacial score (nSPS) is 12.3. The minimum Gasteiger partial charge on any atom is -0.396 e. The zero-order valence-electron chi connectivity index (χ0n) is 13.9. The molecule has 0 saturated carbocycles. The first-order valence-electron chi connectivity index (χ1n) is 8.03. The molecule has 5 heteroatoms. The number of nitrogens with one attached hydrogen (secondary N) is 1. The van der Waals surface area contributed by atoms with Crippen LogP contribution in [0.3, 0.4) is 0 Å². The lowest BCUT2D eigenvalue weighted by molar-refractivity contribution is 0.0942. The van der Waals surface area contributed by atoms with Gasteiger partial charge in [-0.05, 0) is 43.2 Å². The van der Waals surface area contributed by atoms with Gasteiger partial charge in [-0.3, -0.25) is 9.36 Å². The molecule has 3 rings (SSSR count). The molecule has 1 amide bonds. The number of para-hydroxylation sites is 1. The maximum Gasteiger partial charge on any atom is 0.251 e. The first-order chi connectivity index (χ1) is 11.6. The standard InChI is InChI=1S/C19H21N3O2/c1-13(12-23)11-20-19(24)15-8-9-18-17(10-15)21-14(2)22(18)16-6-4-3-5-7-16/h3-10,13,23H,11-12H2,1-2H3,(H,20,24). The number of amides is 1. The summed E-state index contributed by atoms with van der Waals surface area (Å²) in [6, 6.07) is 15.6. The number of aliphatic hydroxyl groups is 1. The van der Waals surface area contributed by atoms with Gasteiger partial charge in [0.2, 0.25) is 0 Å². The van der Waals surface area contributed by atoms with E-state index in [1.807, 2.05) is 56.3 Å². The highest BCUT2D eigenvalue weighted by Crippen LogP contribution is 2.22. The highest BCUT2D eigenvalue weighted by atomic mass is 16.3. The van der Waals surface area contributed by atoms with Crippen molar-refractivity contribution in [3.8, 4) is 5.69 Å². The van der Waals surface area contributed by atoms with Gasteiger partial charge in [0.25, 0.3) is 5.91 Å². The van der Waals surface area contributed by atoms with E-state index in [-0.39, 0.29) is 18.4 Å². The predicted molar refractivity (Wildman–Crippen MR) is 94.4 cm³/mol. The number of nitrogens with zero attached hydrogens (tertiary/aromatic N) is 2. The Morgan fingerprint density at radius 3 is 2.71 bits per heavy atom. The molecule has 124 valence electrons. The van der Waals surface area contributed by atoms with Crippen molar-refractivity contribution < 1.29 is 9.90 Å². The number of aliphatic hydroxyl groups excluding tert-OH is 1. The van der Waals surface area contributed by atoms with Crippen LogP contribution in [0.2, 0.25) is 0 Å². The van der Waals surface area contributed by atoms with Crippen molar-refractivity contribution >= 4 is 16.9 Å². The number of benzene rings is 2. The fourth-order valence-electron chi connectivity index (χ4n) is 2.68. The Kier molecular flexibility index (Phi) is 4.62. The predicted octanol–water partition coefficient (Wildman–Crippen LogP) is 2.69. The van der Waals surface area contributed by atoms with Crippen LogP contribution in [0, 0.1) is 12.8 Å². The molecule has 0 aliphatic rings. The largest absolute Gasteiger partial charge is 0.396 e. The number of aromatic nitrogens is 2. The molecule has 2 aromatic carbocycles. The van der Waals surface area contributed by atoms with E-state index in [2.05, 4.69) is 14.9 Å². The monoisotopic (exact) mass is 323 g/mol. The zero-order valence-corrected chi connectivity index (χ0v) is 13.9. The third kappa shape index (κ3) is 3.16. The number of fused-ring (bicyclic) bond motifs is 1. The molecule has 0 bridgehead atoms. The average Bonchev–Trinajstić information content (AvgIpc) is 2.94. The SMILES string of the molecule is Cc1nc2cc(C(=O)NCC(C)CO)ccc2n1-c1ccccc1. The van der Waals surface area contributed by atoms with Gasteiger partial charge in [-0.2, -0.15) is 0 Å². The van der Waals surface area contributed by atoms with Gasteiger partial charge in [0.15, 0.2) is 0 Å². The molecular weight excluding hydrogens is 302 g/mol. The summed E-state index contributed by atoms with van der Waals surface area (Å²) in [5.74, 6) is 0.768. The Labute approximate surface area is 141 Å². The van der Waals surface area contributed by atoms with Crippen LogP contribution < -0.4 is 5.32 Å². The highest BCUT2D eigenvalue weighted by Gasteiger charge is 2.13. The van der Waals surface area contributed by atoms with Crippen molar-refractivity contribution in [3.05, 3.63) is 59.9 Å². The molecule has 5 nitrogen and oxygen atoms in total. The number of hydrogen-bond acceptors (Lipinski definition) is 3. The molecular formula is C19H21N3O2. The second-order valence-electron chi connectivity index (χ2n) is 6.03. The maximum atomic E-state index is 12.2. The lowest BCUT2D eigenvalue weighted by Crippen LogP contribution is -2.29. The third-order valence-electron chi connectivity index (χ3n) is 4.02. The molecule has 1 aromatic heterocycles. The van der Waals surface area contributed by atoms with E-state index in [1.165, 1.54) is 0 Å². The summed E-state index contributed by atoms with van der Waals surface area (Å²) >= 11 is 0. The Bertz CT molecular complexity index is 856. The first-order valence-corrected chi connectivity index (χ1v) is 8.03. The van der Waals surface area contributed by atoms with Gasteiger partial charge in [-0.25, -0.2) is 4.98 Å². The topological polar surface area (TPSA) is 67.2 Å². The minimum absolute atomic E-state index is 0.0391. The van der Waals surface area contributed by atoms with Gasteiger partial charge in [0.05, 0.1) is 11.0 Å². The fourth-order valence-corrected chi connectivity index (χ4v) is 2.68. The molecule has 3 aromatic rings. The lowest BCUT2D eigenvalue weighted by atomic mass is 10.1. The van der Waals surface area contributed by atoms with Crippen LogP contribution in [0.25, 0.3) is 16.7 Å². The summed E-state index contributed by atoms with van der Waals surface area (Å²) in [6.45, 7) is 4.34. The van der Waals surface area contributed by atoms with Crippen LogP contribution in [0.15, 0.2) is 48.5 Å². The second-order valence-corrected chi connectivity index (χ2v) is 6.03. The summed E-state index contributed by atoms with van der Waals surface area (Å²) in [5.41, 5.74) is 3.38. The second kappa shape index (κ2) is 6.84. The number of rotatable bonds is 5. The minimum atomic E-state index is -0.149. The maximum absolute atomic E-state index is 12.2. The molecule has 1 atom stereocenters. The van der Waals surface area contributed by atoms with E-state index in [1.54, 1.807) is 6.07 Å². The van der Waals surface area contributed by atoms with Gasteiger partial charge < -0.3 is 10.4 Å². The fraction of sp³-hybridized carbons (Fsp3) is 0.263. The van der Waals surface area contributed by atoms with Crippen molar-refractivity contribution in [2.45, 2.75) is 13.8 Å². The Morgan fingerprint density at radius 2 is 2.00 bits per heavy atom. The van der Waals surface area contributed by atoms with E-state index >= 15 is 0 Å². The highest BCUT2D eigenvalue weighted by molar-refractivity contribution is 5.97. The molecule has 0 saturated heterocycles. The number of carbonyl (C=O) groups excluding carboxylic acids is 1. The molecule has 0 radical (unpaired) electrons. The van der Waals surface area contributed by atoms with E-state index in [0.29, 0.717) is 12.1 Å². The van der Waals surface area contributed by atoms with Gasteiger partial charge >= 0.3 is 0 Å². The van der Waals surface area contributed by atoms with Crippen LogP contribution in [-0.2, 0) is 0 Å². The van der Waals surface area contributed by atoms with E-state index in [4.69, 9.17) is 5.11 Å². The molecule has 2 N–H and O–H groups in total. The molecule has 0 aliphatic carbocycles. The van der Waals surface area contributed by atoms with Crippen LogP contribution in [0.5, 0.6) is 0 Å². The lowest BCUT2D eigenvalue weighted by Gasteiger charge is -2.10. The summed E-state index contributed by atoms with van der Waals surface area (Å²) < 4.78 is 2.07.